The van der Waals surface area contributed by atoms with Crippen molar-refractivity contribution < 1.29 is 19.0 Å². The van der Waals surface area contributed by atoms with Crippen LogP contribution in [-0.4, -0.2) is 26.1 Å². The lowest BCUT2D eigenvalue weighted by Crippen LogP contribution is -2.00. The van der Waals surface area contributed by atoms with E-state index in [4.69, 9.17) is 25.8 Å². The van der Waals surface area contributed by atoms with E-state index in [1.165, 1.54) is 14.2 Å². The Balaban J connectivity index is 2.46. The monoisotopic (exact) mass is 281 g/mol. The van der Waals surface area contributed by atoms with Crippen LogP contribution in [0.5, 0.6) is 11.5 Å². The molecule has 0 saturated carbocycles. The molecular formula is C13H12ClNO4. The van der Waals surface area contributed by atoms with Crippen LogP contribution in [-0.2, 0) is 9.53 Å². The number of hydrogen-bond donors (Lipinski definition) is 0. The number of rotatable bonds is 3. The minimum Gasteiger partial charge on any atom is -0.493 e. The van der Waals surface area contributed by atoms with Gasteiger partial charge in [0.15, 0.2) is 23.1 Å². The Morgan fingerprint density at radius 3 is 2.42 bits per heavy atom. The zero-order chi connectivity index (χ0) is 14.0. The van der Waals surface area contributed by atoms with Gasteiger partial charge >= 0.3 is 5.97 Å². The molecule has 6 heteroatoms. The van der Waals surface area contributed by atoms with E-state index in [1.54, 1.807) is 25.1 Å². The molecule has 0 unspecified atom stereocenters. The van der Waals surface area contributed by atoms with Gasteiger partial charge in [-0.15, -0.1) is 0 Å². The first kappa shape index (κ1) is 13.4. The maximum Gasteiger partial charge on any atom is 0.363 e. The number of esters is 1. The van der Waals surface area contributed by atoms with Crippen LogP contribution in [0.1, 0.15) is 12.5 Å². The Morgan fingerprint density at radius 2 is 1.89 bits per heavy atom. The van der Waals surface area contributed by atoms with Gasteiger partial charge in [-0.05, 0) is 17.7 Å². The number of cyclic esters (lactones) is 1. The van der Waals surface area contributed by atoms with Gasteiger partial charge in [0.25, 0.3) is 0 Å². The lowest BCUT2D eigenvalue weighted by Gasteiger charge is -2.09. The number of ether oxygens (including phenoxy) is 3. The molecule has 0 saturated heterocycles. The zero-order valence-corrected chi connectivity index (χ0v) is 11.4. The third-order valence-electron chi connectivity index (χ3n) is 2.52. The zero-order valence-electron chi connectivity index (χ0n) is 10.7. The molecule has 0 aromatic heterocycles. The van der Waals surface area contributed by atoms with E-state index in [1.807, 2.05) is 0 Å². The topological polar surface area (TPSA) is 57.1 Å². The van der Waals surface area contributed by atoms with Gasteiger partial charge in [-0.3, -0.25) is 0 Å². The fourth-order valence-electron chi connectivity index (χ4n) is 1.64. The lowest BCUT2D eigenvalue weighted by atomic mass is 10.1. The number of carbonyl (C=O) groups excluding carboxylic acids is 1. The van der Waals surface area contributed by atoms with Crippen molar-refractivity contribution in [2.24, 2.45) is 4.99 Å². The molecule has 100 valence electrons. The van der Waals surface area contributed by atoms with Crippen molar-refractivity contribution in [3.8, 4) is 11.5 Å². The second-order valence-corrected chi connectivity index (χ2v) is 4.19. The highest BCUT2D eigenvalue weighted by atomic mass is 35.5. The van der Waals surface area contributed by atoms with Crippen LogP contribution in [0.4, 0.5) is 0 Å². The summed E-state index contributed by atoms with van der Waals surface area (Å²) in [6.45, 7) is 1.61. The summed E-state index contributed by atoms with van der Waals surface area (Å²) >= 11 is 6.12. The average Bonchev–Trinajstić information content (AvgIpc) is 2.69. The summed E-state index contributed by atoms with van der Waals surface area (Å²) in [5, 5.41) is 0.428. The summed E-state index contributed by atoms with van der Waals surface area (Å²) in [6.07, 6.45) is 1.54. The molecular weight excluding hydrogens is 270 g/mol. The van der Waals surface area contributed by atoms with Crippen molar-refractivity contribution in [2.45, 2.75) is 6.92 Å². The maximum atomic E-state index is 11.5. The number of carbonyl (C=O) groups is 1. The van der Waals surface area contributed by atoms with Gasteiger partial charge in [0.05, 0.1) is 19.2 Å². The van der Waals surface area contributed by atoms with E-state index in [0.717, 1.165) is 0 Å². The Morgan fingerprint density at radius 1 is 1.26 bits per heavy atom. The van der Waals surface area contributed by atoms with E-state index in [-0.39, 0.29) is 5.70 Å². The van der Waals surface area contributed by atoms with Gasteiger partial charge in [-0.25, -0.2) is 9.79 Å². The van der Waals surface area contributed by atoms with Crippen molar-refractivity contribution in [1.82, 2.24) is 0 Å². The van der Waals surface area contributed by atoms with Crippen molar-refractivity contribution in [2.75, 3.05) is 14.2 Å². The minimum atomic E-state index is -0.497. The Kier molecular flexibility index (Phi) is 3.76. The molecule has 0 fully saturated rings. The van der Waals surface area contributed by atoms with Gasteiger partial charge in [0, 0.05) is 13.0 Å². The van der Waals surface area contributed by atoms with Crippen LogP contribution in [0.2, 0.25) is 5.02 Å². The molecule has 5 nitrogen and oxygen atoms in total. The molecule has 0 amide bonds. The largest absolute Gasteiger partial charge is 0.493 e. The number of methoxy groups -OCH3 is 2. The van der Waals surface area contributed by atoms with E-state index >= 15 is 0 Å². The predicted molar refractivity (Wildman–Crippen MR) is 71.7 cm³/mol. The van der Waals surface area contributed by atoms with Crippen LogP contribution in [0.25, 0.3) is 6.08 Å². The normalized spacial score (nSPS) is 16.3. The Labute approximate surface area is 115 Å². The van der Waals surface area contributed by atoms with Crippen molar-refractivity contribution in [3.63, 3.8) is 0 Å². The van der Waals surface area contributed by atoms with Gasteiger partial charge in [0.2, 0.25) is 0 Å². The summed E-state index contributed by atoms with van der Waals surface area (Å²) in [5.41, 5.74) is 0.802. The van der Waals surface area contributed by atoms with Crippen LogP contribution in [0, 0.1) is 0 Å². The quantitative estimate of drug-likeness (QED) is 0.631. The molecule has 0 N–H and O–H groups in total. The van der Waals surface area contributed by atoms with Crippen molar-refractivity contribution in [3.05, 3.63) is 28.4 Å². The molecule has 19 heavy (non-hydrogen) atoms. The molecule has 1 aromatic rings. The van der Waals surface area contributed by atoms with Crippen LogP contribution in [0.15, 0.2) is 22.8 Å². The Bertz CT molecular complexity index is 593. The first-order valence-electron chi connectivity index (χ1n) is 5.46. The standard InChI is InChI=1S/C13H12ClNO4/c1-7-15-10(13(16)19-7)4-8-5-11(17-2)12(18-3)6-9(8)14/h4-6H,1-3H3/b10-4+. The number of nitrogens with zero attached hydrogens (tertiary/aromatic N) is 1. The molecule has 0 aliphatic carbocycles. The van der Waals surface area contributed by atoms with E-state index in [9.17, 15) is 4.79 Å². The van der Waals surface area contributed by atoms with Gasteiger partial charge in [-0.2, -0.15) is 0 Å². The summed E-state index contributed by atoms with van der Waals surface area (Å²) < 4.78 is 15.1. The lowest BCUT2D eigenvalue weighted by molar-refractivity contribution is -0.130. The summed E-state index contributed by atoms with van der Waals surface area (Å²) in [6, 6.07) is 3.29. The molecule has 0 radical (unpaired) electrons. The highest BCUT2D eigenvalue weighted by Gasteiger charge is 2.20. The average molecular weight is 282 g/mol. The van der Waals surface area contributed by atoms with E-state index in [0.29, 0.717) is 28.0 Å². The molecule has 0 bridgehead atoms. The molecule has 0 spiro atoms. The SMILES string of the molecule is COc1cc(Cl)c(/C=C2/N=C(C)OC2=O)cc1OC. The molecule has 1 aliphatic heterocycles. The van der Waals surface area contributed by atoms with Crippen LogP contribution in [0.3, 0.4) is 0 Å². The third kappa shape index (κ3) is 2.71. The molecule has 1 aromatic carbocycles. The molecule has 1 heterocycles. The fraction of sp³-hybridized carbons (Fsp3) is 0.231. The first-order valence-corrected chi connectivity index (χ1v) is 5.83. The molecule has 0 atom stereocenters. The second kappa shape index (κ2) is 5.32. The van der Waals surface area contributed by atoms with Crippen molar-refractivity contribution in [1.29, 1.82) is 0 Å². The van der Waals surface area contributed by atoms with Crippen LogP contribution >= 0.6 is 11.6 Å². The first-order chi connectivity index (χ1) is 9.05. The van der Waals surface area contributed by atoms with Gasteiger partial charge in [-0.1, -0.05) is 11.6 Å². The highest BCUT2D eigenvalue weighted by molar-refractivity contribution is 6.32. The maximum absolute atomic E-state index is 11.5. The minimum absolute atomic E-state index is 0.201. The van der Waals surface area contributed by atoms with E-state index in [2.05, 4.69) is 4.99 Å². The molecule has 2 rings (SSSR count). The highest BCUT2D eigenvalue weighted by Crippen LogP contribution is 2.34. The Hall–Kier alpha value is -2.01. The molecule has 1 aliphatic rings. The van der Waals surface area contributed by atoms with Crippen LogP contribution < -0.4 is 9.47 Å². The number of hydrogen-bond acceptors (Lipinski definition) is 5. The van der Waals surface area contributed by atoms with Gasteiger partial charge < -0.3 is 14.2 Å². The van der Waals surface area contributed by atoms with Crippen molar-refractivity contribution >= 4 is 29.5 Å². The smallest absolute Gasteiger partial charge is 0.363 e. The number of aliphatic imine (C=N–C) groups is 1. The van der Waals surface area contributed by atoms with E-state index < -0.39 is 5.97 Å². The van der Waals surface area contributed by atoms with Gasteiger partial charge in [0.1, 0.15) is 0 Å². The summed E-state index contributed by atoms with van der Waals surface area (Å²) in [4.78, 5) is 15.5. The summed E-state index contributed by atoms with van der Waals surface area (Å²) in [7, 11) is 3.04. The number of benzene rings is 1. The summed E-state index contributed by atoms with van der Waals surface area (Å²) in [5.74, 6) is 0.852. The number of halogens is 1. The third-order valence-corrected chi connectivity index (χ3v) is 2.85. The fourth-order valence-corrected chi connectivity index (χ4v) is 1.85. The predicted octanol–water partition coefficient (Wildman–Crippen LogP) is 2.67. The second-order valence-electron chi connectivity index (χ2n) is 3.78.